The molecule has 0 bridgehead atoms. The van der Waals surface area contributed by atoms with Gasteiger partial charge >= 0.3 is 18.2 Å². The fourth-order valence-electron chi connectivity index (χ4n) is 3.55. The van der Waals surface area contributed by atoms with Crippen LogP contribution in [0.25, 0.3) is 0 Å². The molecule has 1 atom stereocenters. The van der Waals surface area contributed by atoms with E-state index in [4.69, 9.17) is 23.7 Å². The average Bonchev–Trinajstić information content (AvgIpc) is 2.87. The smallest absolute Gasteiger partial charge is 0.408 e. The molecular formula is C29H47N3O9. The van der Waals surface area contributed by atoms with Crippen LogP contribution in [0.1, 0.15) is 66.4 Å². The molecule has 232 valence electrons. The molecule has 0 aliphatic heterocycles. The molecule has 2 N–H and O–H groups in total. The molecule has 41 heavy (non-hydrogen) atoms. The molecule has 0 fully saturated rings. The SMILES string of the molecule is COC(CN(CC(=O)OC(C)(C)C)C(=O)[C@H](CCCCNC(=O)OC(C)(C)C)NC(=O)OCc1ccccc1)OC. The molecule has 0 aromatic heterocycles. The predicted molar refractivity (Wildman–Crippen MR) is 152 cm³/mol. The van der Waals surface area contributed by atoms with E-state index in [1.54, 1.807) is 41.5 Å². The number of nitrogens with zero attached hydrogens (tertiary/aromatic N) is 1. The maximum absolute atomic E-state index is 13.7. The molecular weight excluding hydrogens is 534 g/mol. The van der Waals surface area contributed by atoms with Gasteiger partial charge in [-0.1, -0.05) is 30.3 Å². The van der Waals surface area contributed by atoms with Crippen LogP contribution >= 0.6 is 0 Å². The summed E-state index contributed by atoms with van der Waals surface area (Å²) in [6.45, 7) is 10.4. The number of carbonyl (C=O) groups excluding carboxylic acids is 4. The number of nitrogens with one attached hydrogen (secondary N) is 2. The van der Waals surface area contributed by atoms with E-state index in [0.29, 0.717) is 19.4 Å². The van der Waals surface area contributed by atoms with Gasteiger partial charge in [-0.2, -0.15) is 0 Å². The van der Waals surface area contributed by atoms with Crippen LogP contribution in [-0.2, 0) is 39.9 Å². The number of amides is 3. The van der Waals surface area contributed by atoms with Crippen molar-refractivity contribution in [3.05, 3.63) is 35.9 Å². The van der Waals surface area contributed by atoms with E-state index in [9.17, 15) is 19.2 Å². The van der Waals surface area contributed by atoms with Crippen molar-refractivity contribution in [2.24, 2.45) is 0 Å². The highest BCUT2D eigenvalue weighted by molar-refractivity contribution is 5.88. The van der Waals surface area contributed by atoms with E-state index >= 15 is 0 Å². The zero-order valence-electron chi connectivity index (χ0n) is 25.6. The van der Waals surface area contributed by atoms with Crippen molar-refractivity contribution < 1.29 is 42.9 Å². The van der Waals surface area contributed by atoms with Gasteiger partial charge in [0.1, 0.15) is 30.4 Å². The van der Waals surface area contributed by atoms with Crippen LogP contribution in [0.15, 0.2) is 30.3 Å². The van der Waals surface area contributed by atoms with Crippen molar-refractivity contribution in [2.45, 2.75) is 90.9 Å². The largest absolute Gasteiger partial charge is 0.459 e. The number of alkyl carbamates (subject to hydrolysis) is 2. The van der Waals surface area contributed by atoms with Crippen LogP contribution in [0, 0.1) is 0 Å². The standard InChI is InChI=1S/C29H47N3O9/c1-28(2,3)40-23(33)18-32(19-24(37-7)38-8)25(34)22(16-12-13-17-30-26(35)41-29(4,5)6)31-27(36)39-20-21-14-10-9-11-15-21/h9-11,14-15,22,24H,12-13,16-20H2,1-8H3,(H,30,35)(H,31,36)/t22-/m0/s1. The lowest BCUT2D eigenvalue weighted by atomic mass is 10.1. The van der Waals surface area contributed by atoms with Crippen LogP contribution in [0.2, 0.25) is 0 Å². The van der Waals surface area contributed by atoms with Crippen LogP contribution in [0.4, 0.5) is 9.59 Å². The number of hydrogen-bond donors (Lipinski definition) is 2. The number of benzene rings is 1. The molecule has 0 aliphatic rings. The first-order valence-electron chi connectivity index (χ1n) is 13.6. The predicted octanol–water partition coefficient (Wildman–Crippen LogP) is 3.77. The summed E-state index contributed by atoms with van der Waals surface area (Å²) in [7, 11) is 2.83. The zero-order valence-corrected chi connectivity index (χ0v) is 25.6. The Bertz CT molecular complexity index is 955. The molecule has 0 unspecified atom stereocenters. The summed E-state index contributed by atoms with van der Waals surface area (Å²) in [5, 5.41) is 5.30. The van der Waals surface area contributed by atoms with Gasteiger partial charge in [-0.05, 0) is 66.4 Å². The molecule has 3 amide bonds. The monoisotopic (exact) mass is 581 g/mol. The third-order valence-corrected chi connectivity index (χ3v) is 5.34. The number of ether oxygens (including phenoxy) is 5. The average molecular weight is 582 g/mol. The molecule has 0 radical (unpaired) electrons. The maximum Gasteiger partial charge on any atom is 0.408 e. The third kappa shape index (κ3) is 16.5. The topological polar surface area (TPSA) is 142 Å². The second-order valence-electron chi connectivity index (χ2n) is 11.4. The summed E-state index contributed by atoms with van der Waals surface area (Å²) in [6, 6.07) is 8.09. The first kappa shape index (κ1) is 35.6. The first-order chi connectivity index (χ1) is 19.1. The molecule has 0 aliphatic carbocycles. The molecule has 1 rings (SSSR count). The number of hydrogen-bond acceptors (Lipinski definition) is 9. The first-order valence-corrected chi connectivity index (χ1v) is 13.6. The molecule has 0 saturated heterocycles. The Morgan fingerprint density at radius 3 is 2.02 bits per heavy atom. The number of rotatable bonds is 15. The Morgan fingerprint density at radius 2 is 1.46 bits per heavy atom. The summed E-state index contributed by atoms with van der Waals surface area (Å²) < 4.78 is 26.5. The molecule has 0 spiro atoms. The summed E-state index contributed by atoms with van der Waals surface area (Å²) in [4.78, 5) is 52.2. The zero-order chi connectivity index (χ0) is 31.1. The van der Waals surface area contributed by atoms with Crippen LogP contribution in [0.3, 0.4) is 0 Å². The third-order valence-electron chi connectivity index (χ3n) is 5.34. The van der Waals surface area contributed by atoms with Crippen LogP contribution < -0.4 is 10.6 Å². The summed E-state index contributed by atoms with van der Waals surface area (Å²) in [5.74, 6) is -1.16. The van der Waals surface area contributed by atoms with E-state index in [1.807, 2.05) is 30.3 Å². The fourth-order valence-corrected chi connectivity index (χ4v) is 3.55. The Hall–Kier alpha value is -3.38. The minimum atomic E-state index is -1.03. The summed E-state index contributed by atoms with van der Waals surface area (Å²) in [5.41, 5.74) is -0.590. The van der Waals surface area contributed by atoms with Crippen molar-refractivity contribution in [3.8, 4) is 0 Å². The van der Waals surface area contributed by atoms with Crippen molar-refractivity contribution in [3.63, 3.8) is 0 Å². The van der Waals surface area contributed by atoms with Gasteiger partial charge in [-0.25, -0.2) is 9.59 Å². The summed E-state index contributed by atoms with van der Waals surface area (Å²) in [6.07, 6.45) is -0.958. The van der Waals surface area contributed by atoms with Crippen LogP contribution in [0.5, 0.6) is 0 Å². The Balaban J connectivity index is 2.97. The van der Waals surface area contributed by atoms with E-state index in [2.05, 4.69) is 10.6 Å². The number of methoxy groups -OCH3 is 2. The molecule has 0 heterocycles. The molecule has 0 saturated carbocycles. The lowest BCUT2D eigenvalue weighted by molar-refractivity contribution is -0.164. The number of esters is 1. The van der Waals surface area contributed by atoms with Crippen molar-refractivity contribution in [1.82, 2.24) is 15.5 Å². The van der Waals surface area contributed by atoms with Gasteiger partial charge in [0.25, 0.3) is 0 Å². The Labute approximate surface area is 243 Å². The molecule has 12 nitrogen and oxygen atoms in total. The molecule has 1 aromatic rings. The van der Waals surface area contributed by atoms with E-state index in [1.165, 1.54) is 19.1 Å². The lowest BCUT2D eigenvalue weighted by Gasteiger charge is -2.30. The highest BCUT2D eigenvalue weighted by Crippen LogP contribution is 2.12. The van der Waals surface area contributed by atoms with Gasteiger partial charge in [-0.3, -0.25) is 9.59 Å². The van der Waals surface area contributed by atoms with Crippen molar-refractivity contribution in [2.75, 3.05) is 33.9 Å². The Morgan fingerprint density at radius 1 is 0.854 bits per heavy atom. The Kier molecular flexibility index (Phi) is 15.2. The lowest BCUT2D eigenvalue weighted by Crippen LogP contribution is -2.52. The van der Waals surface area contributed by atoms with Crippen molar-refractivity contribution in [1.29, 1.82) is 0 Å². The molecule has 12 heteroatoms. The van der Waals surface area contributed by atoms with Gasteiger partial charge in [0.2, 0.25) is 5.91 Å². The van der Waals surface area contributed by atoms with Gasteiger partial charge in [0, 0.05) is 20.8 Å². The maximum atomic E-state index is 13.7. The second kappa shape index (κ2) is 17.4. The van der Waals surface area contributed by atoms with E-state index < -0.39 is 47.6 Å². The quantitative estimate of drug-likeness (QED) is 0.137. The van der Waals surface area contributed by atoms with Gasteiger partial charge in [0.15, 0.2) is 6.29 Å². The number of carbonyl (C=O) groups is 4. The van der Waals surface area contributed by atoms with E-state index in [-0.39, 0.29) is 26.1 Å². The van der Waals surface area contributed by atoms with Gasteiger partial charge < -0.3 is 39.2 Å². The summed E-state index contributed by atoms with van der Waals surface area (Å²) >= 11 is 0. The molecule has 1 aromatic carbocycles. The van der Waals surface area contributed by atoms with E-state index in [0.717, 1.165) is 5.56 Å². The number of unbranched alkanes of at least 4 members (excludes halogenated alkanes) is 1. The van der Waals surface area contributed by atoms with Gasteiger partial charge in [0.05, 0.1) is 6.54 Å². The fraction of sp³-hybridized carbons (Fsp3) is 0.655. The second-order valence-corrected chi connectivity index (χ2v) is 11.4. The minimum absolute atomic E-state index is 0.0183. The normalized spacial score (nSPS) is 12.3. The minimum Gasteiger partial charge on any atom is -0.459 e. The van der Waals surface area contributed by atoms with Gasteiger partial charge in [-0.15, -0.1) is 0 Å². The van der Waals surface area contributed by atoms with Crippen molar-refractivity contribution >= 4 is 24.1 Å². The highest BCUT2D eigenvalue weighted by Gasteiger charge is 2.31. The highest BCUT2D eigenvalue weighted by atomic mass is 16.7. The van der Waals surface area contributed by atoms with Crippen LogP contribution in [-0.4, -0.2) is 86.4 Å².